The second-order valence-electron chi connectivity index (χ2n) is 11.2. The standard InChI is InChI=1S/C29H39N3/c1-30(26-10-14-28(15-11-26)31(18-22-2-3-22)19-23-4-5-23)27-12-16-29(17-13-27)32(20-24-6-7-24)21-25-8-9-25/h10-17,22-25H,2-9,18-21H2,1H3. The highest BCUT2D eigenvalue weighted by Crippen LogP contribution is 2.38. The van der Waals surface area contributed by atoms with Crippen LogP contribution in [0.4, 0.5) is 22.7 Å². The van der Waals surface area contributed by atoms with Gasteiger partial charge in [0.1, 0.15) is 0 Å². The van der Waals surface area contributed by atoms with Crippen LogP contribution in [-0.2, 0) is 0 Å². The average Bonchev–Trinajstić information content (AvgIpc) is 3.63. The normalized spacial score (nSPS) is 20.3. The summed E-state index contributed by atoms with van der Waals surface area (Å²) in [5.74, 6) is 3.76. The quantitative estimate of drug-likeness (QED) is 0.371. The van der Waals surface area contributed by atoms with Crippen LogP contribution in [0.15, 0.2) is 48.5 Å². The van der Waals surface area contributed by atoms with Crippen molar-refractivity contribution in [3.8, 4) is 0 Å². The monoisotopic (exact) mass is 429 g/mol. The van der Waals surface area contributed by atoms with Crippen molar-refractivity contribution in [2.24, 2.45) is 23.7 Å². The number of hydrogen-bond acceptors (Lipinski definition) is 3. The molecule has 0 amide bonds. The molecule has 0 saturated heterocycles. The van der Waals surface area contributed by atoms with E-state index < -0.39 is 0 Å². The molecule has 170 valence electrons. The summed E-state index contributed by atoms with van der Waals surface area (Å²) in [6, 6.07) is 18.6. The Morgan fingerprint density at radius 1 is 0.469 bits per heavy atom. The maximum Gasteiger partial charge on any atom is 0.0409 e. The second kappa shape index (κ2) is 8.65. The molecule has 0 atom stereocenters. The maximum atomic E-state index is 2.65. The van der Waals surface area contributed by atoms with Gasteiger partial charge in [-0.25, -0.2) is 0 Å². The largest absolute Gasteiger partial charge is 0.371 e. The third kappa shape index (κ3) is 5.24. The van der Waals surface area contributed by atoms with Gasteiger partial charge in [-0.15, -0.1) is 0 Å². The first-order valence-corrected chi connectivity index (χ1v) is 13.1. The predicted octanol–water partition coefficient (Wildman–Crippen LogP) is 6.71. The molecule has 3 nitrogen and oxygen atoms in total. The van der Waals surface area contributed by atoms with E-state index >= 15 is 0 Å². The second-order valence-corrected chi connectivity index (χ2v) is 11.2. The SMILES string of the molecule is CN(c1ccc(N(CC2CC2)CC2CC2)cc1)c1ccc(N(CC2CC2)CC2CC2)cc1. The van der Waals surface area contributed by atoms with Crippen molar-refractivity contribution in [2.45, 2.75) is 51.4 Å². The molecule has 0 heterocycles. The first kappa shape index (κ1) is 20.4. The summed E-state index contributed by atoms with van der Waals surface area (Å²) in [5, 5.41) is 0. The highest BCUT2D eigenvalue weighted by Gasteiger charge is 2.30. The molecule has 2 aromatic carbocycles. The Kier molecular flexibility index (Phi) is 5.53. The first-order valence-electron chi connectivity index (χ1n) is 13.1. The molecule has 0 bridgehead atoms. The molecule has 0 unspecified atom stereocenters. The van der Waals surface area contributed by atoms with Crippen molar-refractivity contribution in [1.82, 2.24) is 0 Å². The van der Waals surface area contributed by atoms with Crippen molar-refractivity contribution in [3.05, 3.63) is 48.5 Å². The minimum Gasteiger partial charge on any atom is -0.371 e. The minimum absolute atomic E-state index is 0.939. The lowest BCUT2D eigenvalue weighted by Gasteiger charge is -2.27. The zero-order chi connectivity index (χ0) is 21.5. The van der Waals surface area contributed by atoms with Gasteiger partial charge in [0.25, 0.3) is 0 Å². The Balaban J connectivity index is 1.12. The van der Waals surface area contributed by atoms with E-state index in [0.29, 0.717) is 0 Å². The predicted molar refractivity (Wildman–Crippen MR) is 136 cm³/mol. The van der Waals surface area contributed by atoms with Gasteiger partial charge in [0, 0.05) is 56.0 Å². The lowest BCUT2D eigenvalue weighted by Crippen LogP contribution is -2.28. The van der Waals surface area contributed by atoms with E-state index in [1.54, 1.807) is 0 Å². The smallest absolute Gasteiger partial charge is 0.0409 e. The summed E-state index contributed by atoms with van der Waals surface area (Å²) in [6.07, 6.45) is 11.4. The lowest BCUT2D eigenvalue weighted by atomic mass is 10.2. The highest BCUT2D eigenvalue weighted by molar-refractivity contribution is 5.67. The van der Waals surface area contributed by atoms with Crippen LogP contribution in [0.5, 0.6) is 0 Å². The Morgan fingerprint density at radius 2 is 0.719 bits per heavy atom. The molecule has 6 rings (SSSR count). The van der Waals surface area contributed by atoms with Gasteiger partial charge >= 0.3 is 0 Å². The Labute approximate surface area is 194 Å². The van der Waals surface area contributed by atoms with Gasteiger partial charge in [-0.2, -0.15) is 0 Å². The highest BCUT2D eigenvalue weighted by atomic mass is 15.2. The molecule has 0 radical (unpaired) electrons. The number of benzene rings is 2. The van der Waals surface area contributed by atoms with Crippen LogP contribution in [-0.4, -0.2) is 33.2 Å². The van der Waals surface area contributed by atoms with E-state index in [4.69, 9.17) is 0 Å². The van der Waals surface area contributed by atoms with Gasteiger partial charge in [-0.3, -0.25) is 0 Å². The van der Waals surface area contributed by atoms with Crippen LogP contribution in [0, 0.1) is 23.7 Å². The minimum atomic E-state index is 0.939. The van der Waals surface area contributed by atoms with Crippen LogP contribution < -0.4 is 14.7 Å². The first-order chi connectivity index (χ1) is 15.7. The summed E-state index contributed by atoms with van der Waals surface area (Å²) in [5.41, 5.74) is 5.36. The van der Waals surface area contributed by atoms with Gasteiger partial charge in [0.15, 0.2) is 0 Å². The van der Waals surface area contributed by atoms with Gasteiger partial charge in [0.05, 0.1) is 0 Å². The van der Waals surface area contributed by atoms with E-state index in [0.717, 1.165) is 23.7 Å². The van der Waals surface area contributed by atoms with Crippen LogP contribution in [0.25, 0.3) is 0 Å². The van der Waals surface area contributed by atoms with Crippen LogP contribution in [0.3, 0.4) is 0 Å². The summed E-state index contributed by atoms with van der Waals surface area (Å²) >= 11 is 0. The van der Waals surface area contributed by atoms with Crippen LogP contribution >= 0.6 is 0 Å². The summed E-state index contributed by atoms with van der Waals surface area (Å²) < 4.78 is 0. The Morgan fingerprint density at radius 3 is 0.969 bits per heavy atom. The molecule has 32 heavy (non-hydrogen) atoms. The molecule has 4 aliphatic carbocycles. The Hall–Kier alpha value is -2.16. The lowest BCUT2D eigenvalue weighted by molar-refractivity contribution is 0.679. The molecule has 3 heteroatoms. The summed E-state index contributed by atoms with van der Waals surface area (Å²) in [6.45, 7) is 5.02. The number of rotatable bonds is 12. The van der Waals surface area contributed by atoms with Gasteiger partial charge in [-0.05, 0) is 124 Å². The average molecular weight is 430 g/mol. The van der Waals surface area contributed by atoms with E-state index in [1.165, 1.54) is 100 Å². The summed E-state index contributed by atoms with van der Waals surface area (Å²) in [4.78, 5) is 7.64. The van der Waals surface area contributed by atoms with Gasteiger partial charge < -0.3 is 14.7 Å². The maximum absolute atomic E-state index is 2.65. The molecule has 0 N–H and O–H groups in total. The Bertz CT molecular complexity index is 786. The zero-order valence-corrected chi connectivity index (χ0v) is 19.8. The van der Waals surface area contributed by atoms with Crippen LogP contribution in [0.1, 0.15) is 51.4 Å². The molecule has 0 aromatic heterocycles. The molecule has 0 aliphatic heterocycles. The fourth-order valence-corrected chi connectivity index (χ4v) is 4.94. The fourth-order valence-electron chi connectivity index (χ4n) is 4.94. The summed E-state index contributed by atoms with van der Waals surface area (Å²) in [7, 11) is 2.20. The third-order valence-electron chi connectivity index (χ3n) is 7.91. The van der Waals surface area contributed by atoms with Crippen molar-refractivity contribution in [3.63, 3.8) is 0 Å². The fraction of sp³-hybridized carbons (Fsp3) is 0.586. The third-order valence-corrected chi connectivity index (χ3v) is 7.91. The molecule has 4 saturated carbocycles. The molecular formula is C29H39N3. The van der Waals surface area contributed by atoms with Crippen molar-refractivity contribution in [2.75, 3.05) is 47.9 Å². The van der Waals surface area contributed by atoms with E-state index in [1.807, 2.05) is 0 Å². The number of nitrogens with zero attached hydrogens (tertiary/aromatic N) is 3. The molecule has 2 aromatic rings. The van der Waals surface area contributed by atoms with Crippen molar-refractivity contribution in [1.29, 1.82) is 0 Å². The van der Waals surface area contributed by atoms with E-state index in [-0.39, 0.29) is 0 Å². The molecular weight excluding hydrogens is 390 g/mol. The van der Waals surface area contributed by atoms with Crippen molar-refractivity contribution < 1.29 is 0 Å². The van der Waals surface area contributed by atoms with E-state index in [9.17, 15) is 0 Å². The number of anilines is 4. The molecule has 0 spiro atoms. The van der Waals surface area contributed by atoms with Gasteiger partial charge in [-0.1, -0.05) is 0 Å². The molecule has 4 aliphatic rings. The zero-order valence-electron chi connectivity index (χ0n) is 19.8. The van der Waals surface area contributed by atoms with Gasteiger partial charge in [0.2, 0.25) is 0 Å². The molecule has 4 fully saturated rings. The van der Waals surface area contributed by atoms with Crippen LogP contribution in [0.2, 0.25) is 0 Å². The number of hydrogen-bond donors (Lipinski definition) is 0. The van der Waals surface area contributed by atoms with Crippen molar-refractivity contribution >= 4 is 22.7 Å². The van der Waals surface area contributed by atoms with E-state index in [2.05, 4.69) is 70.3 Å². The topological polar surface area (TPSA) is 9.72 Å².